The first-order valence-electron chi connectivity index (χ1n) is 9.63. The van der Waals surface area contributed by atoms with Crippen molar-refractivity contribution >= 4 is 17.7 Å². The SMILES string of the molecule is Cc1cccc(C)c1-n1nnnc1SCC(=O)NC1CCN(C2CC2)CC1. The summed E-state index contributed by atoms with van der Waals surface area (Å²) in [6, 6.07) is 7.22. The summed E-state index contributed by atoms with van der Waals surface area (Å²) < 4.78 is 1.73. The van der Waals surface area contributed by atoms with Gasteiger partial charge in [0.05, 0.1) is 11.4 Å². The largest absolute Gasteiger partial charge is 0.353 e. The van der Waals surface area contributed by atoms with Crippen molar-refractivity contribution < 1.29 is 4.79 Å². The summed E-state index contributed by atoms with van der Waals surface area (Å²) in [7, 11) is 0. The molecule has 1 N–H and O–H groups in total. The van der Waals surface area contributed by atoms with E-state index in [1.165, 1.54) is 24.6 Å². The highest BCUT2D eigenvalue weighted by atomic mass is 32.2. The molecule has 1 aliphatic heterocycles. The fraction of sp³-hybridized carbons (Fsp3) is 0.579. The van der Waals surface area contributed by atoms with Crippen LogP contribution in [0.2, 0.25) is 0 Å². The fourth-order valence-corrected chi connectivity index (χ4v) is 4.48. The third kappa shape index (κ3) is 4.32. The van der Waals surface area contributed by atoms with E-state index in [1.54, 1.807) is 4.68 Å². The van der Waals surface area contributed by atoms with E-state index in [0.717, 1.165) is 48.8 Å². The van der Waals surface area contributed by atoms with E-state index in [1.807, 2.05) is 32.0 Å². The molecule has 2 aliphatic rings. The van der Waals surface area contributed by atoms with Gasteiger partial charge in [0, 0.05) is 25.2 Å². The Hall–Kier alpha value is -1.93. The highest BCUT2D eigenvalue weighted by Gasteiger charge is 2.32. The molecule has 2 heterocycles. The van der Waals surface area contributed by atoms with Crippen molar-refractivity contribution in [1.82, 2.24) is 30.4 Å². The summed E-state index contributed by atoms with van der Waals surface area (Å²) in [6.45, 7) is 6.29. The third-order valence-corrected chi connectivity index (χ3v) is 6.30. The Labute approximate surface area is 163 Å². The van der Waals surface area contributed by atoms with E-state index in [0.29, 0.717) is 17.0 Å². The van der Waals surface area contributed by atoms with Crippen molar-refractivity contribution in [1.29, 1.82) is 0 Å². The molecule has 0 unspecified atom stereocenters. The van der Waals surface area contributed by atoms with Crippen molar-refractivity contribution in [3.63, 3.8) is 0 Å². The maximum Gasteiger partial charge on any atom is 0.230 e. The summed E-state index contributed by atoms with van der Waals surface area (Å²) in [5, 5.41) is 15.9. The first kappa shape index (κ1) is 18.4. The zero-order chi connectivity index (χ0) is 18.8. The third-order valence-electron chi connectivity index (χ3n) is 5.38. The first-order chi connectivity index (χ1) is 13.1. The molecule has 4 rings (SSSR count). The lowest BCUT2D eigenvalue weighted by molar-refractivity contribution is -0.119. The molecule has 7 nitrogen and oxygen atoms in total. The van der Waals surface area contributed by atoms with Gasteiger partial charge >= 0.3 is 0 Å². The Morgan fingerprint density at radius 1 is 1.19 bits per heavy atom. The van der Waals surface area contributed by atoms with Crippen LogP contribution in [0.25, 0.3) is 5.69 Å². The van der Waals surface area contributed by atoms with Gasteiger partial charge in [-0.1, -0.05) is 30.0 Å². The minimum atomic E-state index is 0.0564. The maximum absolute atomic E-state index is 12.4. The summed E-state index contributed by atoms with van der Waals surface area (Å²) in [6.07, 6.45) is 4.80. The maximum atomic E-state index is 12.4. The average molecular weight is 387 g/mol. The Balaban J connectivity index is 1.32. The molecule has 8 heteroatoms. The summed E-state index contributed by atoms with van der Waals surface area (Å²) in [5.74, 6) is 0.384. The number of likely N-dealkylation sites (tertiary alicyclic amines) is 1. The van der Waals surface area contributed by atoms with Crippen LogP contribution in [0, 0.1) is 13.8 Å². The van der Waals surface area contributed by atoms with Crippen LogP contribution < -0.4 is 5.32 Å². The van der Waals surface area contributed by atoms with E-state index in [4.69, 9.17) is 0 Å². The number of rotatable bonds is 6. The number of benzene rings is 1. The number of amides is 1. The van der Waals surface area contributed by atoms with Crippen LogP contribution in [-0.4, -0.2) is 61.9 Å². The molecule has 2 fully saturated rings. The molecule has 1 saturated heterocycles. The molecule has 27 heavy (non-hydrogen) atoms. The monoisotopic (exact) mass is 386 g/mol. The van der Waals surface area contributed by atoms with Crippen LogP contribution in [-0.2, 0) is 4.79 Å². The molecule has 1 amide bonds. The Kier molecular flexibility index (Phi) is 5.45. The summed E-state index contributed by atoms with van der Waals surface area (Å²) >= 11 is 1.38. The van der Waals surface area contributed by atoms with Crippen LogP contribution in [0.15, 0.2) is 23.4 Å². The summed E-state index contributed by atoms with van der Waals surface area (Å²) in [4.78, 5) is 15.0. The number of hydrogen-bond acceptors (Lipinski definition) is 6. The van der Waals surface area contributed by atoms with Crippen molar-refractivity contribution in [3.8, 4) is 5.69 Å². The van der Waals surface area contributed by atoms with Gasteiger partial charge in [0.15, 0.2) is 0 Å². The Morgan fingerprint density at radius 3 is 2.56 bits per heavy atom. The molecule has 0 atom stereocenters. The molecule has 1 aromatic heterocycles. The van der Waals surface area contributed by atoms with Crippen molar-refractivity contribution in [2.75, 3.05) is 18.8 Å². The van der Waals surface area contributed by atoms with Gasteiger partial charge in [-0.05, 0) is 61.1 Å². The molecule has 144 valence electrons. The minimum absolute atomic E-state index is 0.0564. The summed E-state index contributed by atoms with van der Waals surface area (Å²) in [5.41, 5.74) is 3.20. The van der Waals surface area contributed by atoms with E-state index in [9.17, 15) is 4.79 Å². The minimum Gasteiger partial charge on any atom is -0.353 e. The van der Waals surface area contributed by atoms with Crippen LogP contribution in [0.3, 0.4) is 0 Å². The molecular formula is C19H26N6OS. The predicted molar refractivity (Wildman–Crippen MR) is 105 cm³/mol. The predicted octanol–water partition coefficient (Wildman–Crippen LogP) is 2.11. The zero-order valence-electron chi connectivity index (χ0n) is 15.9. The topological polar surface area (TPSA) is 75.9 Å². The van der Waals surface area contributed by atoms with Crippen molar-refractivity contribution in [3.05, 3.63) is 29.3 Å². The van der Waals surface area contributed by atoms with Gasteiger partial charge in [-0.25, -0.2) is 0 Å². The van der Waals surface area contributed by atoms with Crippen LogP contribution >= 0.6 is 11.8 Å². The van der Waals surface area contributed by atoms with Gasteiger partial charge in [-0.2, -0.15) is 4.68 Å². The first-order valence-corrected chi connectivity index (χ1v) is 10.6. The number of piperidine rings is 1. The van der Waals surface area contributed by atoms with E-state index >= 15 is 0 Å². The molecule has 1 aliphatic carbocycles. The average Bonchev–Trinajstić information content (AvgIpc) is 3.40. The van der Waals surface area contributed by atoms with Gasteiger partial charge in [0.25, 0.3) is 0 Å². The standard InChI is InChI=1S/C19H26N6OS/c1-13-4-3-5-14(2)18(13)25-19(21-22-23-25)27-12-17(26)20-15-8-10-24(11-9-15)16-6-7-16/h3-5,15-16H,6-12H2,1-2H3,(H,20,26). The van der Waals surface area contributed by atoms with Crippen LogP contribution in [0.4, 0.5) is 0 Å². The van der Waals surface area contributed by atoms with Crippen molar-refractivity contribution in [2.24, 2.45) is 0 Å². The fourth-order valence-electron chi connectivity index (χ4n) is 3.80. The second-order valence-electron chi connectivity index (χ2n) is 7.51. The number of nitrogens with one attached hydrogen (secondary N) is 1. The Morgan fingerprint density at radius 2 is 1.89 bits per heavy atom. The lowest BCUT2D eigenvalue weighted by Crippen LogP contribution is -2.45. The smallest absolute Gasteiger partial charge is 0.230 e. The number of carbonyl (C=O) groups excluding carboxylic acids is 1. The molecule has 1 saturated carbocycles. The lowest BCUT2D eigenvalue weighted by atomic mass is 10.1. The van der Waals surface area contributed by atoms with E-state index < -0.39 is 0 Å². The number of aryl methyl sites for hydroxylation is 2. The number of thioether (sulfide) groups is 1. The molecule has 0 radical (unpaired) electrons. The number of para-hydroxylation sites is 1. The Bertz CT molecular complexity index is 790. The molecule has 2 aromatic rings. The van der Waals surface area contributed by atoms with E-state index in [-0.39, 0.29) is 5.91 Å². The highest BCUT2D eigenvalue weighted by Crippen LogP contribution is 2.29. The van der Waals surface area contributed by atoms with Crippen LogP contribution in [0.5, 0.6) is 0 Å². The number of nitrogens with zero attached hydrogens (tertiary/aromatic N) is 5. The second kappa shape index (κ2) is 7.98. The second-order valence-corrected chi connectivity index (χ2v) is 8.45. The molecule has 0 spiro atoms. The zero-order valence-corrected chi connectivity index (χ0v) is 16.7. The normalized spacial score (nSPS) is 18.6. The van der Waals surface area contributed by atoms with Gasteiger partial charge in [-0.3, -0.25) is 4.79 Å². The molecule has 1 aromatic carbocycles. The molecular weight excluding hydrogens is 360 g/mol. The highest BCUT2D eigenvalue weighted by molar-refractivity contribution is 7.99. The van der Waals surface area contributed by atoms with Crippen LogP contribution in [0.1, 0.15) is 36.8 Å². The van der Waals surface area contributed by atoms with Gasteiger partial charge in [0.1, 0.15) is 0 Å². The van der Waals surface area contributed by atoms with Gasteiger partial charge < -0.3 is 10.2 Å². The number of tetrazole rings is 1. The van der Waals surface area contributed by atoms with Gasteiger partial charge in [0.2, 0.25) is 11.1 Å². The van der Waals surface area contributed by atoms with Crippen molar-refractivity contribution in [2.45, 2.75) is 56.8 Å². The number of hydrogen-bond donors (Lipinski definition) is 1. The molecule has 0 bridgehead atoms. The van der Waals surface area contributed by atoms with E-state index in [2.05, 4.69) is 25.7 Å². The number of carbonyl (C=O) groups is 1. The van der Waals surface area contributed by atoms with Gasteiger partial charge in [-0.15, -0.1) is 5.10 Å². The number of aromatic nitrogens is 4. The lowest BCUT2D eigenvalue weighted by Gasteiger charge is -2.32. The quantitative estimate of drug-likeness (QED) is 0.767.